The van der Waals surface area contributed by atoms with Crippen LogP contribution in [-0.2, 0) is 0 Å². The second kappa shape index (κ2) is 8.13. The lowest BCUT2D eigenvalue weighted by Gasteiger charge is -2.27. The van der Waals surface area contributed by atoms with Crippen LogP contribution in [0.2, 0.25) is 0 Å². The maximum Gasteiger partial charge on any atom is 0.0807 e. The van der Waals surface area contributed by atoms with Gasteiger partial charge in [-0.1, -0.05) is 24.3 Å². The SMILES string of the molecule is CN(C)C=CC=CC=CC(N(C)C)N(C)C. The molecule has 3 nitrogen and oxygen atoms in total. The van der Waals surface area contributed by atoms with E-state index >= 15 is 0 Å². The number of nitrogens with zero attached hydrogens (tertiary/aromatic N) is 3. The van der Waals surface area contributed by atoms with Gasteiger partial charge in [0.25, 0.3) is 0 Å². The van der Waals surface area contributed by atoms with Crippen molar-refractivity contribution in [2.45, 2.75) is 6.17 Å². The molecule has 0 amide bonds. The summed E-state index contributed by atoms with van der Waals surface area (Å²) in [5.74, 6) is 0. The Kier molecular flexibility index (Phi) is 7.60. The summed E-state index contributed by atoms with van der Waals surface area (Å²) >= 11 is 0. The van der Waals surface area contributed by atoms with Crippen molar-refractivity contribution < 1.29 is 0 Å². The Morgan fingerprint density at radius 1 is 0.688 bits per heavy atom. The lowest BCUT2D eigenvalue weighted by atomic mass is 10.3. The first-order chi connectivity index (χ1) is 7.45. The van der Waals surface area contributed by atoms with Crippen LogP contribution in [0.4, 0.5) is 0 Å². The fourth-order valence-corrected chi connectivity index (χ4v) is 1.32. The first-order valence-corrected chi connectivity index (χ1v) is 5.46. The molecule has 0 fully saturated rings. The van der Waals surface area contributed by atoms with Crippen molar-refractivity contribution in [1.29, 1.82) is 0 Å². The minimum atomic E-state index is 0.336. The molecule has 92 valence electrons. The molecule has 3 heteroatoms. The molecule has 0 N–H and O–H groups in total. The van der Waals surface area contributed by atoms with Crippen molar-refractivity contribution in [3.05, 3.63) is 36.6 Å². The predicted molar refractivity (Wildman–Crippen MR) is 72.3 cm³/mol. The Balaban J connectivity index is 4.16. The molecular formula is C13H25N3. The van der Waals surface area contributed by atoms with Crippen LogP contribution < -0.4 is 0 Å². The summed E-state index contributed by atoms with van der Waals surface area (Å²) in [6, 6.07) is 0. The van der Waals surface area contributed by atoms with Gasteiger partial charge in [-0.25, -0.2) is 0 Å². The van der Waals surface area contributed by atoms with E-state index in [4.69, 9.17) is 0 Å². The van der Waals surface area contributed by atoms with Crippen LogP contribution in [0.5, 0.6) is 0 Å². The fraction of sp³-hybridized carbons (Fsp3) is 0.538. The van der Waals surface area contributed by atoms with Gasteiger partial charge in [0.2, 0.25) is 0 Å². The van der Waals surface area contributed by atoms with E-state index in [2.05, 4.69) is 50.1 Å². The molecule has 0 aromatic heterocycles. The number of likely N-dealkylation sites (N-methyl/N-ethyl adjacent to an activating group) is 2. The van der Waals surface area contributed by atoms with Gasteiger partial charge < -0.3 is 4.90 Å². The summed E-state index contributed by atoms with van der Waals surface area (Å²) < 4.78 is 0. The lowest BCUT2D eigenvalue weighted by Crippen LogP contribution is -2.38. The largest absolute Gasteiger partial charge is 0.383 e. The molecule has 0 aliphatic rings. The zero-order chi connectivity index (χ0) is 12.6. The van der Waals surface area contributed by atoms with Crippen LogP contribution in [0.3, 0.4) is 0 Å². The van der Waals surface area contributed by atoms with Crippen LogP contribution in [0, 0.1) is 0 Å². The van der Waals surface area contributed by atoms with Crippen molar-refractivity contribution in [2.75, 3.05) is 42.3 Å². The molecular weight excluding hydrogens is 198 g/mol. The molecule has 0 atom stereocenters. The van der Waals surface area contributed by atoms with E-state index in [0.29, 0.717) is 6.17 Å². The Bertz CT molecular complexity index is 242. The van der Waals surface area contributed by atoms with Crippen molar-refractivity contribution in [3.8, 4) is 0 Å². The molecule has 0 aliphatic carbocycles. The molecule has 0 aromatic carbocycles. The maximum absolute atomic E-state index is 2.17. The number of hydrogen-bond acceptors (Lipinski definition) is 3. The quantitative estimate of drug-likeness (QED) is 0.500. The summed E-state index contributed by atoms with van der Waals surface area (Å²) in [7, 11) is 12.3. The average molecular weight is 223 g/mol. The van der Waals surface area contributed by atoms with E-state index < -0.39 is 0 Å². The van der Waals surface area contributed by atoms with Crippen molar-refractivity contribution in [1.82, 2.24) is 14.7 Å². The molecule has 0 unspecified atom stereocenters. The van der Waals surface area contributed by atoms with E-state index in [0.717, 1.165) is 0 Å². The normalized spacial score (nSPS) is 13.3. The standard InChI is InChI=1S/C13H25N3/c1-14(2)12-10-8-7-9-11-13(15(3)4)16(5)6/h7-13H,1-6H3. The van der Waals surface area contributed by atoms with Crippen LogP contribution >= 0.6 is 0 Å². The third-order valence-electron chi connectivity index (χ3n) is 2.06. The van der Waals surface area contributed by atoms with Crippen LogP contribution in [0.15, 0.2) is 36.6 Å². The topological polar surface area (TPSA) is 9.72 Å². The highest BCUT2D eigenvalue weighted by atomic mass is 15.3. The molecule has 0 rings (SSSR count). The summed E-state index contributed by atoms with van der Waals surface area (Å²) in [6.07, 6.45) is 12.7. The minimum Gasteiger partial charge on any atom is -0.383 e. The van der Waals surface area contributed by atoms with Gasteiger partial charge in [-0.15, -0.1) is 0 Å². The molecule has 16 heavy (non-hydrogen) atoms. The molecule has 0 heterocycles. The molecule has 0 aliphatic heterocycles. The average Bonchev–Trinajstić information content (AvgIpc) is 2.14. The Morgan fingerprint density at radius 2 is 1.19 bits per heavy atom. The summed E-state index contributed by atoms with van der Waals surface area (Å²) in [4.78, 5) is 6.34. The highest BCUT2D eigenvalue weighted by molar-refractivity contribution is 5.12. The third-order valence-corrected chi connectivity index (χ3v) is 2.06. The number of rotatable bonds is 6. The van der Waals surface area contributed by atoms with Crippen LogP contribution in [0.1, 0.15) is 0 Å². The maximum atomic E-state index is 2.17. The first kappa shape index (κ1) is 14.9. The first-order valence-electron chi connectivity index (χ1n) is 5.46. The fourth-order valence-electron chi connectivity index (χ4n) is 1.32. The molecule has 0 saturated heterocycles. The van der Waals surface area contributed by atoms with E-state index in [-0.39, 0.29) is 0 Å². The smallest absolute Gasteiger partial charge is 0.0807 e. The summed E-state index contributed by atoms with van der Waals surface area (Å²) in [5, 5.41) is 0. The van der Waals surface area contributed by atoms with Gasteiger partial charge in [-0.3, -0.25) is 9.80 Å². The highest BCUT2D eigenvalue weighted by Crippen LogP contribution is 1.99. The zero-order valence-electron chi connectivity index (χ0n) is 11.4. The highest BCUT2D eigenvalue weighted by Gasteiger charge is 2.07. The summed E-state index contributed by atoms with van der Waals surface area (Å²) in [6.45, 7) is 0. The van der Waals surface area contributed by atoms with Gasteiger partial charge in [-0.05, 0) is 40.5 Å². The second-order valence-electron chi connectivity index (χ2n) is 4.42. The van der Waals surface area contributed by atoms with E-state index in [1.165, 1.54) is 0 Å². The van der Waals surface area contributed by atoms with Crippen LogP contribution in [0.25, 0.3) is 0 Å². The lowest BCUT2D eigenvalue weighted by molar-refractivity contribution is 0.174. The molecule has 0 saturated carbocycles. The van der Waals surface area contributed by atoms with E-state index in [1.54, 1.807) is 0 Å². The van der Waals surface area contributed by atoms with Gasteiger partial charge in [0.15, 0.2) is 0 Å². The van der Waals surface area contributed by atoms with Crippen molar-refractivity contribution in [2.24, 2.45) is 0 Å². The Morgan fingerprint density at radius 3 is 1.62 bits per heavy atom. The molecule has 0 radical (unpaired) electrons. The van der Waals surface area contributed by atoms with Gasteiger partial charge in [0.1, 0.15) is 0 Å². The minimum absolute atomic E-state index is 0.336. The van der Waals surface area contributed by atoms with Gasteiger partial charge >= 0.3 is 0 Å². The monoisotopic (exact) mass is 223 g/mol. The third kappa shape index (κ3) is 7.26. The Labute approximate surface area is 100 Å². The van der Waals surface area contributed by atoms with Gasteiger partial charge in [-0.2, -0.15) is 0 Å². The van der Waals surface area contributed by atoms with E-state index in [1.807, 2.05) is 43.4 Å². The van der Waals surface area contributed by atoms with Gasteiger partial charge in [0, 0.05) is 14.1 Å². The second-order valence-corrected chi connectivity index (χ2v) is 4.42. The number of hydrogen-bond donors (Lipinski definition) is 0. The number of allylic oxidation sites excluding steroid dienone is 4. The van der Waals surface area contributed by atoms with Crippen molar-refractivity contribution in [3.63, 3.8) is 0 Å². The van der Waals surface area contributed by atoms with Gasteiger partial charge in [0.05, 0.1) is 6.17 Å². The molecule has 0 spiro atoms. The molecule has 0 aromatic rings. The molecule has 0 bridgehead atoms. The van der Waals surface area contributed by atoms with Crippen LogP contribution in [-0.4, -0.2) is 63.2 Å². The predicted octanol–water partition coefficient (Wildman–Crippen LogP) is 1.62. The summed E-state index contributed by atoms with van der Waals surface area (Å²) in [5.41, 5.74) is 0. The van der Waals surface area contributed by atoms with Crippen molar-refractivity contribution >= 4 is 0 Å². The Hall–Kier alpha value is -1.06. The van der Waals surface area contributed by atoms with E-state index in [9.17, 15) is 0 Å². The zero-order valence-corrected chi connectivity index (χ0v) is 11.4.